The summed E-state index contributed by atoms with van der Waals surface area (Å²) < 4.78 is 5.13. The molecule has 0 aliphatic rings. The molecule has 0 unspecified atom stereocenters. The van der Waals surface area contributed by atoms with Crippen LogP contribution < -0.4 is 15.4 Å². The van der Waals surface area contributed by atoms with Crippen molar-refractivity contribution < 1.29 is 14.5 Å². The summed E-state index contributed by atoms with van der Waals surface area (Å²) in [5.41, 5.74) is 3.36. The van der Waals surface area contributed by atoms with Crippen molar-refractivity contribution in [2.45, 2.75) is 26.8 Å². The van der Waals surface area contributed by atoms with Gasteiger partial charge in [-0.15, -0.1) is 0 Å². The van der Waals surface area contributed by atoms with E-state index in [4.69, 9.17) is 4.74 Å². The van der Waals surface area contributed by atoms with Gasteiger partial charge in [0.25, 0.3) is 5.69 Å². The molecule has 2 rings (SSSR count). The average Bonchev–Trinajstić information content (AvgIpc) is 2.57. The van der Waals surface area contributed by atoms with Crippen LogP contribution in [-0.2, 0) is 4.79 Å². The van der Waals surface area contributed by atoms with Gasteiger partial charge in [-0.05, 0) is 38.5 Å². The number of aryl methyl sites for hydroxylation is 2. The van der Waals surface area contributed by atoms with Gasteiger partial charge in [-0.2, -0.15) is 0 Å². The van der Waals surface area contributed by atoms with Crippen LogP contribution in [0.15, 0.2) is 36.4 Å². The Balaban J connectivity index is 2.11. The molecule has 0 heterocycles. The second-order valence-corrected chi connectivity index (χ2v) is 5.82. The molecular formula is C18H21N3O4. The first-order chi connectivity index (χ1) is 11.8. The van der Waals surface area contributed by atoms with Crippen LogP contribution in [0, 0.1) is 24.0 Å². The van der Waals surface area contributed by atoms with Crippen LogP contribution >= 0.6 is 0 Å². The van der Waals surface area contributed by atoms with E-state index in [1.54, 1.807) is 6.92 Å². The fraction of sp³-hybridized carbons (Fsp3) is 0.278. The SMILES string of the molecule is COc1cc([N+](=O)[O-])ccc1NC(=O)[C@@H](C)Nc1ccc(C)cc1C. The number of nitrogens with one attached hydrogen (secondary N) is 2. The molecule has 0 bridgehead atoms. The molecule has 7 nitrogen and oxygen atoms in total. The van der Waals surface area contributed by atoms with Crippen molar-refractivity contribution in [2.75, 3.05) is 17.7 Å². The van der Waals surface area contributed by atoms with E-state index < -0.39 is 11.0 Å². The molecule has 0 fully saturated rings. The highest BCUT2D eigenvalue weighted by Gasteiger charge is 2.17. The molecule has 0 aromatic heterocycles. The molecule has 25 heavy (non-hydrogen) atoms. The van der Waals surface area contributed by atoms with Gasteiger partial charge < -0.3 is 15.4 Å². The van der Waals surface area contributed by atoms with Crippen molar-refractivity contribution in [2.24, 2.45) is 0 Å². The molecule has 1 amide bonds. The quantitative estimate of drug-likeness (QED) is 0.617. The first-order valence-electron chi connectivity index (χ1n) is 7.79. The van der Waals surface area contributed by atoms with Gasteiger partial charge in [0, 0.05) is 11.8 Å². The number of non-ortho nitro benzene ring substituents is 1. The van der Waals surface area contributed by atoms with Crippen LogP contribution in [0.25, 0.3) is 0 Å². The number of carbonyl (C=O) groups excluding carboxylic acids is 1. The normalized spacial score (nSPS) is 11.5. The number of nitro groups is 1. The smallest absolute Gasteiger partial charge is 0.273 e. The van der Waals surface area contributed by atoms with Crippen molar-refractivity contribution in [3.63, 3.8) is 0 Å². The highest BCUT2D eigenvalue weighted by atomic mass is 16.6. The summed E-state index contributed by atoms with van der Waals surface area (Å²) in [4.78, 5) is 22.7. The highest BCUT2D eigenvalue weighted by molar-refractivity contribution is 5.97. The Morgan fingerprint density at radius 2 is 1.84 bits per heavy atom. The summed E-state index contributed by atoms with van der Waals surface area (Å²) >= 11 is 0. The van der Waals surface area contributed by atoms with Crippen molar-refractivity contribution in [1.82, 2.24) is 0 Å². The van der Waals surface area contributed by atoms with E-state index in [-0.39, 0.29) is 17.3 Å². The summed E-state index contributed by atoms with van der Waals surface area (Å²) in [7, 11) is 1.39. The van der Waals surface area contributed by atoms with Crippen molar-refractivity contribution in [3.05, 3.63) is 57.6 Å². The highest BCUT2D eigenvalue weighted by Crippen LogP contribution is 2.29. The number of hydrogen-bond acceptors (Lipinski definition) is 5. The number of benzene rings is 2. The van der Waals surface area contributed by atoms with Gasteiger partial charge in [0.05, 0.1) is 23.8 Å². The second-order valence-electron chi connectivity index (χ2n) is 5.82. The minimum atomic E-state index is -0.515. The Bertz CT molecular complexity index is 805. The summed E-state index contributed by atoms with van der Waals surface area (Å²) in [5.74, 6) is -0.0339. The Kier molecular flexibility index (Phi) is 5.59. The predicted octanol–water partition coefficient (Wildman–Crippen LogP) is 3.66. The molecule has 2 aromatic rings. The summed E-state index contributed by atoms with van der Waals surface area (Å²) in [5, 5.41) is 16.7. The molecule has 0 aliphatic heterocycles. The molecule has 0 radical (unpaired) electrons. The largest absolute Gasteiger partial charge is 0.494 e. The zero-order valence-corrected chi connectivity index (χ0v) is 14.6. The van der Waals surface area contributed by atoms with Crippen LogP contribution in [0.1, 0.15) is 18.1 Å². The molecule has 2 N–H and O–H groups in total. The van der Waals surface area contributed by atoms with E-state index in [0.717, 1.165) is 16.8 Å². The number of carbonyl (C=O) groups is 1. The standard InChI is InChI=1S/C18H21N3O4/c1-11-5-7-15(12(2)9-11)19-13(3)18(22)20-16-8-6-14(21(23)24)10-17(16)25-4/h5-10,13,19H,1-4H3,(H,20,22)/t13-/m1/s1. The summed E-state index contributed by atoms with van der Waals surface area (Å²) in [6.45, 7) is 5.72. The fourth-order valence-electron chi connectivity index (χ4n) is 2.41. The van der Waals surface area contributed by atoms with Gasteiger partial charge in [0.1, 0.15) is 11.8 Å². The number of anilines is 2. The third-order valence-corrected chi connectivity index (χ3v) is 3.80. The van der Waals surface area contributed by atoms with Crippen molar-refractivity contribution in [1.29, 1.82) is 0 Å². The molecule has 0 aliphatic carbocycles. The van der Waals surface area contributed by atoms with Crippen LogP contribution in [0.5, 0.6) is 5.75 Å². The van der Waals surface area contributed by atoms with Gasteiger partial charge in [-0.3, -0.25) is 14.9 Å². The number of nitrogens with zero attached hydrogens (tertiary/aromatic N) is 1. The Morgan fingerprint density at radius 3 is 2.44 bits per heavy atom. The molecule has 0 saturated carbocycles. The second kappa shape index (κ2) is 7.65. The zero-order valence-electron chi connectivity index (χ0n) is 14.6. The lowest BCUT2D eigenvalue weighted by Gasteiger charge is -2.18. The third kappa shape index (κ3) is 4.47. The van der Waals surface area contributed by atoms with Crippen LogP contribution in [0.2, 0.25) is 0 Å². The number of rotatable bonds is 6. The van der Waals surface area contributed by atoms with Crippen molar-refractivity contribution in [3.8, 4) is 5.75 Å². The Labute approximate surface area is 146 Å². The van der Waals surface area contributed by atoms with E-state index in [9.17, 15) is 14.9 Å². The van der Waals surface area contributed by atoms with E-state index >= 15 is 0 Å². The van der Waals surface area contributed by atoms with Gasteiger partial charge in [-0.1, -0.05) is 17.7 Å². The lowest BCUT2D eigenvalue weighted by Crippen LogP contribution is -2.32. The minimum absolute atomic E-state index is 0.101. The van der Waals surface area contributed by atoms with E-state index in [2.05, 4.69) is 10.6 Å². The predicted molar refractivity (Wildman–Crippen MR) is 97.3 cm³/mol. The first kappa shape index (κ1) is 18.3. The molecular weight excluding hydrogens is 322 g/mol. The van der Waals surface area contributed by atoms with Gasteiger partial charge >= 0.3 is 0 Å². The Hall–Kier alpha value is -3.09. The van der Waals surface area contributed by atoms with Crippen LogP contribution in [-0.4, -0.2) is 24.0 Å². The number of amides is 1. The van der Waals surface area contributed by atoms with Gasteiger partial charge in [-0.25, -0.2) is 0 Å². The number of hydrogen-bond donors (Lipinski definition) is 2. The lowest BCUT2D eigenvalue weighted by atomic mass is 10.1. The molecule has 7 heteroatoms. The maximum atomic E-state index is 12.4. The number of nitro benzene ring substituents is 1. The molecule has 2 aromatic carbocycles. The molecule has 0 spiro atoms. The average molecular weight is 343 g/mol. The zero-order chi connectivity index (χ0) is 18.6. The number of ether oxygens (including phenoxy) is 1. The van der Waals surface area contributed by atoms with Gasteiger partial charge in [0.15, 0.2) is 0 Å². The molecule has 132 valence electrons. The maximum Gasteiger partial charge on any atom is 0.273 e. The first-order valence-corrected chi connectivity index (χ1v) is 7.79. The van der Waals surface area contributed by atoms with Crippen LogP contribution in [0.4, 0.5) is 17.1 Å². The lowest BCUT2D eigenvalue weighted by molar-refractivity contribution is -0.384. The Morgan fingerprint density at radius 1 is 1.16 bits per heavy atom. The minimum Gasteiger partial charge on any atom is -0.494 e. The van der Waals surface area contributed by atoms with E-state index in [1.165, 1.54) is 25.3 Å². The number of methoxy groups -OCH3 is 1. The van der Waals surface area contributed by atoms with Crippen LogP contribution in [0.3, 0.4) is 0 Å². The molecule has 0 saturated heterocycles. The maximum absolute atomic E-state index is 12.4. The fourth-order valence-corrected chi connectivity index (χ4v) is 2.41. The summed E-state index contributed by atoms with van der Waals surface area (Å²) in [6.07, 6.45) is 0. The van der Waals surface area contributed by atoms with E-state index in [1.807, 2.05) is 32.0 Å². The van der Waals surface area contributed by atoms with E-state index in [0.29, 0.717) is 5.69 Å². The molecule has 1 atom stereocenters. The monoisotopic (exact) mass is 343 g/mol. The third-order valence-electron chi connectivity index (χ3n) is 3.80. The topological polar surface area (TPSA) is 93.5 Å². The summed E-state index contributed by atoms with van der Waals surface area (Å²) in [6, 6.07) is 9.49. The van der Waals surface area contributed by atoms with Gasteiger partial charge in [0.2, 0.25) is 5.91 Å². The van der Waals surface area contributed by atoms with Crippen molar-refractivity contribution >= 4 is 23.0 Å².